The van der Waals surface area contributed by atoms with Crippen LogP contribution >= 0.6 is 30.4 Å². The number of rotatable bonds is 12. The van der Waals surface area contributed by atoms with Gasteiger partial charge in [-0.25, -0.2) is 0 Å². The molecule has 2 amide bonds. The second-order valence-corrected chi connectivity index (χ2v) is 7.88. The number of benzene rings is 1. The lowest BCUT2D eigenvalue weighted by Gasteiger charge is -2.21. The minimum absolute atomic E-state index is 0.253. The van der Waals surface area contributed by atoms with Gasteiger partial charge >= 0.3 is 0 Å². The monoisotopic (exact) mass is 560 g/mol. The Morgan fingerprint density at radius 3 is 2.65 bits per heavy atom. The molecule has 1 rings (SSSR count). The minimum Gasteiger partial charge on any atom is -0.357 e. The number of nitrogens with zero attached hydrogens (tertiary/aromatic N) is 1. The van der Waals surface area contributed by atoms with E-state index < -0.39 is 6.04 Å². The zero-order chi connectivity index (χ0) is 23.5. The first-order valence-electron chi connectivity index (χ1n) is 9.73. The summed E-state index contributed by atoms with van der Waals surface area (Å²) in [6.45, 7) is 2.69. The molecule has 1 N–H and O–H groups in total. The Kier molecular flexibility index (Phi) is 17.7. The number of unbranched alkanes of at least 4 members (excludes halogenated alkanes) is 2. The molecule has 1 aromatic carbocycles. The van der Waals surface area contributed by atoms with Gasteiger partial charge in [0.05, 0.1) is 15.8 Å². The second-order valence-electron chi connectivity index (χ2n) is 6.44. The van der Waals surface area contributed by atoms with Gasteiger partial charge in [0, 0.05) is 59.3 Å². The van der Waals surface area contributed by atoms with E-state index in [1.807, 2.05) is 25.1 Å². The Morgan fingerprint density at radius 1 is 1.32 bits per heavy atom. The van der Waals surface area contributed by atoms with Crippen molar-refractivity contribution >= 4 is 55.3 Å². The second kappa shape index (κ2) is 18.8. The molecule has 31 heavy (non-hydrogen) atoms. The van der Waals surface area contributed by atoms with Crippen LogP contribution in [0.3, 0.4) is 0 Å². The topological polar surface area (TPSA) is 92.8 Å². The van der Waals surface area contributed by atoms with E-state index >= 15 is 0 Å². The number of amides is 2. The zero-order valence-corrected chi connectivity index (χ0v) is 21.0. The zero-order valence-electron chi connectivity index (χ0n) is 18.1. The number of nitrogens with one attached hydrogen (secondary N) is 1. The van der Waals surface area contributed by atoms with Gasteiger partial charge in [-0.3, -0.25) is 14.4 Å². The van der Waals surface area contributed by atoms with Crippen molar-refractivity contribution in [1.82, 2.24) is 10.2 Å². The van der Waals surface area contributed by atoms with E-state index in [4.69, 9.17) is 4.18 Å². The first-order valence-corrected chi connectivity index (χ1v) is 13.0. The van der Waals surface area contributed by atoms with E-state index in [1.165, 1.54) is 28.2 Å². The predicted molar refractivity (Wildman–Crippen MR) is 132 cm³/mol. The first kappa shape index (κ1) is 29.1. The molecule has 0 spiro atoms. The highest BCUT2D eigenvalue weighted by Crippen LogP contribution is 2.13. The summed E-state index contributed by atoms with van der Waals surface area (Å²) in [6.07, 6.45) is 5.69. The van der Waals surface area contributed by atoms with Crippen molar-refractivity contribution in [3.05, 3.63) is 34.9 Å². The lowest BCUT2D eigenvalue weighted by Crippen LogP contribution is -2.43. The van der Waals surface area contributed by atoms with E-state index in [0.29, 0.717) is 18.4 Å². The maximum atomic E-state index is 11.2. The molecule has 0 aliphatic carbocycles. The molecule has 0 bridgehead atoms. The van der Waals surface area contributed by atoms with Gasteiger partial charge in [-0.1, -0.05) is 24.0 Å². The maximum absolute atomic E-state index is 11.2. The van der Waals surface area contributed by atoms with E-state index in [-0.39, 0.29) is 12.3 Å². The summed E-state index contributed by atoms with van der Waals surface area (Å²) in [6, 6.07) is 5.19. The molecule has 0 radical (unpaired) electrons. The number of aldehydes is 2. The summed E-state index contributed by atoms with van der Waals surface area (Å²) in [5.74, 6) is 5.92. The molecule has 1 unspecified atom stereocenters. The van der Waals surface area contributed by atoms with E-state index in [9.17, 15) is 19.2 Å². The minimum atomic E-state index is -0.548. The van der Waals surface area contributed by atoms with Gasteiger partial charge in [-0.15, -0.1) is 0 Å². The third kappa shape index (κ3) is 12.5. The van der Waals surface area contributed by atoms with E-state index in [0.717, 1.165) is 49.6 Å². The molecule has 0 aliphatic rings. The van der Waals surface area contributed by atoms with Crippen molar-refractivity contribution < 1.29 is 23.4 Å². The Bertz CT molecular complexity index is 764. The van der Waals surface area contributed by atoms with Gasteiger partial charge in [-0.2, -0.15) is 0 Å². The largest absolute Gasteiger partial charge is 0.357 e. The summed E-state index contributed by atoms with van der Waals surface area (Å²) in [5, 5.41) is 2.43. The quantitative estimate of drug-likeness (QED) is 0.138. The van der Waals surface area contributed by atoms with Crippen LogP contribution in [0.2, 0.25) is 0 Å². The summed E-state index contributed by atoms with van der Waals surface area (Å²) in [4.78, 5) is 43.9. The van der Waals surface area contributed by atoms with Gasteiger partial charge in [0.1, 0.15) is 12.3 Å². The van der Waals surface area contributed by atoms with Crippen LogP contribution < -0.4 is 5.32 Å². The highest BCUT2D eigenvalue weighted by Gasteiger charge is 2.20. The Morgan fingerprint density at radius 2 is 2.06 bits per heavy atom. The normalized spacial score (nSPS) is 10.5. The molecule has 170 valence electrons. The highest BCUT2D eigenvalue weighted by atomic mass is 127. The Hall–Kier alpha value is -1.90. The molecule has 0 saturated carbocycles. The summed E-state index contributed by atoms with van der Waals surface area (Å²) in [7, 11) is 4.37. The van der Waals surface area contributed by atoms with Gasteiger partial charge < -0.3 is 19.2 Å². The SMILES string of the molecule is CNC(=O)C(CCC=O)N(C)C=O.Cc1cccc(C#CCCCCOSI)c1C=O. The summed E-state index contributed by atoms with van der Waals surface area (Å²) >= 11 is 2.11. The average molecular weight is 560 g/mol. The fourth-order valence-corrected chi connectivity index (χ4v) is 3.22. The smallest absolute Gasteiger partial charge is 0.242 e. The van der Waals surface area contributed by atoms with Crippen LogP contribution in [0, 0.1) is 18.8 Å². The van der Waals surface area contributed by atoms with Crippen LogP contribution in [-0.2, 0) is 18.6 Å². The number of aryl methyl sites for hydroxylation is 1. The number of hydrogen-bond donors (Lipinski definition) is 1. The van der Waals surface area contributed by atoms with Crippen LogP contribution in [0.25, 0.3) is 0 Å². The lowest BCUT2D eigenvalue weighted by molar-refractivity contribution is -0.131. The Labute approximate surface area is 200 Å². The third-order valence-corrected chi connectivity index (χ3v) is 5.27. The van der Waals surface area contributed by atoms with Crippen LogP contribution in [0.4, 0.5) is 0 Å². The fraction of sp³-hybridized carbons (Fsp3) is 0.455. The van der Waals surface area contributed by atoms with Crippen LogP contribution in [0.15, 0.2) is 18.2 Å². The number of halogens is 1. The standard InChI is InChI=1S/C14H15IO2S.C8H14N2O3/c1-12-7-6-9-13(14(12)11-16)8-4-2-3-5-10-17-18-15;1-9-8(13)7(4-3-5-11)10(2)6-12/h6-7,9,11H,2-3,5,10H2,1H3;5-7H,3-4H2,1-2H3,(H,9,13). The number of likely N-dealkylation sites (N-methyl/N-ethyl adjacent to an activating group) is 2. The van der Waals surface area contributed by atoms with Crippen LogP contribution in [-0.4, -0.2) is 56.5 Å². The van der Waals surface area contributed by atoms with Gasteiger partial charge in [0.15, 0.2) is 6.29 Å². The number of carbonyl (C=O) groups is 4. The van der Waals surface area contributed by atoms with Crippen molar-refractivity contribution in [2.75, 3.05) is 20.7 Å². The van der Waals surface area contributed by atoms with Crippen LogP contribution in [0.5, 0.6) is 0 Å². The van der Waals surface area contributed by atoms with E-state index in [1.54, 1.807) is 0 Å². The molecular weight excluding hydrogens is 531 g/mol. The summed E-state index contributed by atoms with van der Waals surface area (Å²) in [5.41, 5.74) is 2.50. The molecule has 9 heteroatoms. The number of hydrogen-bond acceptors (Lipinski definition) is 6. The predicted octanol–water partition coefficient (Wildman–Crippen LogP) is 3.51. The van der Waals surface area contributed by atoms with Crippen LogP contribution in [0.1, 0.15) is 53.6 Å². The molecule has 1 aromatic rings. The third-order valence-electron chi connectivity index (χ3n) is 4.25. The molecule has 0 aliphatic heterocycles. The molecule has 0 saturated heterocycles. The molecule has 0 aromatic heterocycles. The Balaban J connectivity index is 0.000000615. The molecule has 0 heterocycles. The van der Waals surface area contributed by atoms with Crippen molar-refractivity contribution in [2.45, 2.75) is 45.1 Å². The maximum Gasteiger partial charge on any atom is 0.242 e. The first-order chi connectivity index (χ1) is 15.0. The van der Waals surface area contributed by atoms with Crippen molar-refractivity contribution in [1.29, 1.82) is 0 Å². The lowest BCUT2D eigenvalue weighted by atomic mass is 10.0. The molecule has 7 nitrogen and oxygen atoms in total. The number of carbonyl (C=O) groups excluding carboxylic acids is 4. The fourth-order valence-electron chi connectivity index (χ4n) is 2.50. The van der Waals surface area contributed by atoms with Crippen molar-refractivity contribution in [3.8, 4) is 11.8 Å². The molecular formula is C22H29IN2O5S. The van der Waals surface area contributed by atoms with Crippen molar-refractivity contribution in [2.24, 2.45) is 0 Å². The van der Waals surface area contributed by atoms with Gasteiger partial charge in [0.25, 0.3) is 0 Å². The summed E-state index contributed by atoms with van der Waals surface area (Å²) < 4.78 is 5.16. The molecule has 1 atom stereocenters. The van der Waals surface area contributed by atoms with Gasteiger partial charge in [0.2, 0.25) is 12.3 Å². The average Bonchev–Trinajstić information content (AvgIpc) is 2.78. The highest BCUT2D eigenvalue weighted by molar-refractivity contribution is 14.2. The van der Waals surface area contributed by atoms with E-state index in [2.05, 4.69) is 38.4 Å². The van der Waals surface area contributed by atoms with Gasteiger partial charge in [-0.05, 0) is 37.8 Å². The molecule has 0 fully saturated rings. The van der Waals surface area contributed by atoms with Crippen molar-refractivity contribution in [3.63, 3.8) is 0 Å².